The predicted molar refractivity (Wildman–Crippen MR) is 114 cm³/mol. The quantitative estimate of drug-likeness (QED) is 0.414. The number of carbonyl (C=O) groups is 1. The molecule has 2 aromatic carbocycles. The summed E-state index contributed by atoms with van der Waals surface area (Å²) in [6, 6.07) is 12.7. The van der Waals surface area contributed by atoms with E-state index in [0.717, 1.165) is 10.0 Å². The molecule has 0 unspecified atom stereocenters. The Labute approximate surface area is 181 Å². The summed E-state index contributed by atoms with van der Waals surface area (Å²) < 4.78 is 6.62. The lowest BCUT2D eigenvalue weighted by molar-refractivity contribution is -0.122. The number of nitrogens with one attached hydrogen (secondary N) is 1. The van der Waals surface area contributed by atoms with E-state index >= 15 is 0 Å². The molecule has 29 heavy (non-hydrogen) atoms. The van der Waals surface area contributed by atoms with Crippen LogP contribution in [-0.2, 0) is 11.3 Å². The minimum Gasteiger partial charge on any atom is -0.490 e. The van der Waals surface area contributed by atoms with E-state index in [9.17, 15) is 4.79 Å². The van der Waals surface area contributed by atoms with E-state index in [4.69, 9.17) is 16.3 Å². The van der Waals surface area contributed by atoms with Crippen LogP contribution in [0.4, 0.5) is 0 Å². The predicted octanol–water partition coefficient (Wildman–Crippen LogP) is 3.69. The van der Waals surface area contributed by atoms with Crippen molar-refractivity contribution < 1.29 is 9.53 Å². The summed E-state index contributed by atoms with van der Waals surface area (Å²) in [6.45, 7) is 3.74. The standard InChI is InChI=1S/C19H18BrClN6O2/c1-12(2)29-17-8-7-14(20)9-13(17)10-22-23-18(28)11-27-25-19(24-26-27)15-5-3-4-6-16(15)21/h3-10,12H,11H2,1-2H3,(H,23,28)/b22-10-. The fourth-order valence-electron chi connectivity index (χ4n) is 2.38. The van der Waals surface area contributed by atoms with Gasteiger partial charge in [-0.3, -0.25) is 4.79 Å². The molecule has 1 aromatic heterocycles. The van der Waals surface area contributed by atoms with Gasteiger partial charge in [0.2, 0.25) is 5.82 Å². The Bertz CT molecular complexity index is 1040. The molecule has 3 rings (SSSR count). The molecule has 0 atom stereocenters. The summed E-state index contributed by atoms with van der Waals surface area (Å²) in [5.74, 6) is 0.616. The van der Waals surface area contributed by atoms with Crippen molar-refractivity contribution in [1.82, 2.24) is 25.6 Å². The number of hydrazone groups is 1. The van der Waals surface area contributed by atoms with E-state index in [1.807, 2.05) is 44.2 Å². The first-order valence-corrected chi connectivity index (χ1v) is 9.90. The molecule has 150 valence electrons. The molecule has 1 N–H and O–H groups in total. The molecular formula is C19H18BrClN6O2. The van der Waals surface area contributed by atoms with Crippen LogP contribution in [0.15, 0.2) is 52.0 Å². The molecule has 0 saturated heterocycles. The first-order chi connectivity index (χ1) is 13.9. The Morgan fingerprint density at radius 2 is 2.14 bits per heavy atom. The second-order valence-corrected chi connectivity index (χ2v) is 7.59. The van der Waals surface area contributed by atoms with E-state index in [-0.39, 0.29) is 12.6 Å². The topological polar surface area (TPSA) is 94.3 Å². The summed E-state index contributed by atoms with van der Waals surface area (Å²) in [5.41, 5.74) is 3.82. The largest absolute Gasteiger partial charge is 0.490 e. The highest BCUT2D eigenvalue weighted by Crippen LogP contribution is 2.24. The molecule has 0 bridgehead atoms. The van der Waals surface area contributed by atoms with Gasteiger partial charge in [-0.2, -0.15) is 9.90 Å². The zero-order chi connectivity index (χ0) is 20.8. The molecule has 0 aliphatic heterocycles. The molecule has 10 heteroatoms. The van der Waals surface area contributed by atoms with Crippen molar-refractivity contribution in [2.75, 3.05) is 0 Å². The van der Waals surface area contributed by atoms with Crippen molar-refractivity contribution in [2.45, 2.75) is 26.5 Å². The van der Waals surface area contributed by atoms with Gasteiger partial charge in [0.25, 0.3) is 5.91 Å². The summed E-state index contributed by atoms with van der Waals surface area (Å²) >= 11 is 9.54. The number of nitrogens with zero attached hydrogens (tertiary/aromatic N) is 5. The third kappa shape index (κ3) is 5.85. The number of rotatable bonds is 7. The Morgan fingerprint density at radius 3 is 2.90 bits per heavy atom. The summed E-state index contributed by atoms with van der Waals surface area (Å²) in [7, 11) is 0. The maximum absolute atomic E-state index is 12.1. The van der Waals surface area contributed by atoms with Gasteiger partial charge in [0.15, 0.2) is 0 Å². The highest BCUT2D eigenvalue weighted by Gasteiger charge is 2.11. The van der Waals surface area contributed by atoms with Crippen molar-refractivity contribution in [2.24, 2.45) is 5.10 Å². The number of hydrogen-bond donors (Lipinski definition) is 1. The molecule has 8 nitrogen and oxygen atoms in total. The molecule has 0 aliphatic rings. The average Bonchev–Trinajstić information content (AvgIpc) is 3.12. The Balaban J connectivity index is 1.62. The van der Waals surface area contributed by atoms with Crippen LogP contribution in [0.3, 0.4) is 0 Å². The molecule has 0 fully saturated rings. The SMILES string of the molecule is CC(C)Oc1ccc(Br)cc1/C=N\NC(=O)Cn1nnc(-c2ccccc2Cl)n1. The second-order valence-electron chi connectivity index (χ2n) is 6.27. The van der Waals surface area contributed by atoms with Crippen molar-refractivity contribution in [3.05, 3.63) is 57.5 Å². The van der Waals surface area contributed by atoms with Gasteiger partial charge in [-0.15, -0.1) is 10.2 Å². The van der Waals surface area contributed by atoms with Gasteiger partial charge in [0.1, 0.15) is 12.3 Å². The fourth-order valence-corrected chi connectivity index (χ4v) is 2.98. The van der Waals surface area contributed by atoms with E-state index in [1.165, 1.54) is 11.0 Å². The number of aromatic nitrogens is 4. The zero-order valence-electron chi connectivity index (χ0n) is 15.7. The van der Waals surface area contributed by atoms with Gasteiger partial charge in [0, 0.05) is 15.6 Å². The van der Waals surface area contributed by atoms with E-state index in [2.05, 4.69) is 41.9 Å². The van der Waals surface area contributed by atoms with Crippen LogP contribution in [0.25, 0.3) is 11.4 Å². The van der Waals surface area contributed by atoms with E-state index in [0.29, 0.717) is 22.2 Å². The number of hydrogen-bond acceptors (Lipinski definition) is 6. The molecule has 1 amide bonds. The summed E-state index contributed by atoms with van der Waals surface area (Å²) in [4.78, 5) is 13.3. The van der Waals surface area contributed by atoms with Crippen LogP contribution in [0.2, 0.25) is 5.02 Å². The highest BCUT2D eigenvalue weighted by atomic mass is 79.9. The molecule has 3 aromatic rings. The minimum absolute atomic E-state index is 0.0172. The third-order valence-electron chi connectivity index (χ3n) is 3.58. The number of benzene rings is 2. The first-order valence-electron chi connectivity index (χ1n) is 8.73. The smallest absolute Gasteiger partial charge is 0.263 e. The monoisotopic (exact) mass is 476 g/mol. The van der Waals surface area contributed by atoms with Gasteiger partial charge in [-0.25, -0.2) is 5.43 Å². The molecule has 0 radical (unpaired) electrons. The van der Waals surface area contributed by atoms with Gasteiger partial charge in [0.05, 0.1) is 17.3 Å². The maximum Gasteiger partial charge on any atom is 0.263 e. The molecule has 0 aliphatic carbocycles. The van der Waals surface area contributed by atoms with Crippen molar-refractivity contribution in [1.29, 1.82) is 0 Å². The van der Waals surface area contributed by atoms with Crippen LogP contribution in [0.5, 0.6) is 5.75 Å². The normalized spacial score (nSPS) is 11.2. The lowest BCUT2D eigenvalue weighted by Crippen LogP contribution is -2.24. The first kappa shape index (κ1) is 20.9. The van der Waals surface area contributed by atoms with Crippen LogP contribution in [-0.4, -0.2) is 38.4 Å². The number of halogens is 2. The number of ether oxygens (including phenoxy) is 1. The molecule has 1 heterocycles. The average molecular weight is 478 g/mol. The highest BCUT2D eigenvalue weighted by molar-refractivity contribution is 9.10. The fraction of sp³-hybridized carbons (Fsp3) is 0.211. The summed E-state index contributed by atoms with van der Waals surface area (Å²) in [5, 5.41) is 16.5. The Morgan fingerprint density at radius 1 is 1.34 bits per heavy atom. The van der Waals surface area contributed by atoms with Crippen molar-refractivity contribution in [3.63, 3.8) is 0 Å². The molecule has 0 saturated carbocycles. The van der Waals surface area contributed by atoms with Crippen molar-refractivity contribution >= 4 is 39.7 Å². The second kappa shape index (κ2) is 9.62. The lowest BCUT2D eigenvalue weighted by atomic mass is 10.2. The van der Waals surface area contributed by atoms with Crippen LogP contribution < -0.4 is 10.2 Å². The third-order valence-corrected chi connectivity index (χ3v) is 4.40. The number of tetrazole rings is 1. The molecular weight excluding hydrogens is 460 g/mol. The van der Waals surface area contributed by atoms with E-state index < -0.39 is 5.91 Å². The van der Waals surface area contributed by atoms with Gasteiger partial charge >= 0.3 is 0 Å². The molecule has 0 spiro atoms. The van der Waals surface area contributed by atoms with E-state index in [1.54, 1.807) is 12.1 Å². The van der Waals surface area contributed by atoms with Gasteiger partial charge in [-0.05, 0) is 49.4 Å². The van der Waals surface area contributed by atoms with Gasteiger partial charge < -0.3 is 4.74 Å². The summed E-state index contributed by atoms with van der Waals surface area (Å²) in [6.07, 6.45) is 1.54. The minimum atomic E-state index is -0.398. The lowest BCUT2D eigenvalue weighted by Gasteiger charge is -2.12. The van der Waals surface area contributed by atoms with Crippen LogP contribution in [0.1, 0.15) is 19.4 Å². The Hall–Kier alpha value is -2.78. The maximum atomic E-state index is 12.1. The Kier molecular flexibility index (Phi) is 6.95. The number of carbonyl (C=O) groups excluding carboxylic acids is 1. The van der Waals surface area contributed by atoms with Crippen LogP contribution in [0, 0.1) is 0 Å². The zero-order valence-corrected chi connectivity index (χ0v) is 18.1. The van der Waals surface area contributed by atoms with Gasteiger partial charge in [-0.1, -0.05) is 39.7 Å². The number of amides is 1. The van der Waals surface area contributed by atoms with Crippen molar-refractivity contribution in [3.8, 4) is 17.1 Å². The van der Waals surface area contributed by atoms with Crippen LogP contribution >= 0.6 is 27.5 Å².